The van der Waals surface area contributed by atoms with Crippen molar-refractivity contribution in [3.05, 3.63) is 35.4 Å². The van der Waals surface area contributed by atoms with Gasteiger partial charge in [0, 0.05) is 24.8 Å². The van der Waals surface area contributed by atoms with Crippen molar-refractivity contribution in [3.8, 4) is 0 Å². The summed E-state index contributed by atoms with van der Waals surface area (Å²) in [5, 5.41) is 0.217. The normalized spacial score (nSPS) is 17.6. The Morgan fingerprint density at radius 3 is 2.56 bits per heavy atom. The van der Waals surface area contributed by atoms with Crippen molar-refractivity contribution in [2.24, 2.45) is 0 Å². The largest absolute Gasteiger partial charge is 0.468 e. The molecule has 0 aliphatic carbocycles. The van der Waals surface area contributed by atoms with Gasteiger partial charge in [-0.2, -0.15) is 13.2 Å². The second-order valence-electron chi connectivity index (χ2n) is 5.83. The second-order valence-corrected chi connectivity index (χ2v) is 7.12. The standard InChI is InChI=1S/C17H20F3NO3S/c1-24-16(23)11-25-14-8-9-21(10-14)15(22)7-4-12-2-5-13(6-3-12)17(18,19)20/h2-3,5-6,14H,4,7-11H2,1H3/t14-/m1/s1. The summed E-state index contributed by atoms with van der Waals surface area (Å²) in [7, 11) is 1.34. The number of halogens is 3. The minimum absolute atomic E-state index is 0.0129. The van der Waals surface area contributed by atoms with E-state index in [1.54, 1.807) is 4.90 Å². The van der Waals surface area contributed by atoms with Gasteiger partial charge in [0.15, 0.2) is 0 Å². The first kappa shape index (κ1) is 19.6. The van der Waals surface area contributed by atoms with Crippen molar-refractivity contribution in [2.45, 2.75) is 30.7 Å². The van der Waals surface area contributed by atoms with E-state index < -0.39 is 11.7 Å². The van der Waals surface area contributed by atoms with E-state index in [1.807, 2.05) is 0 Å². The van der Waals surface area contributed by atoms with Crippen LogP contribution in [0.3, 0.4) is 0 Å². The molecule has 1 aromatic rings. The van der Waals surface area contributed by atoms with E-state index in [2.05, 4.69) is 4.74 Å². The van der Waals surface area contributed by atoms with Crippen LogP contribution in [-0.4, -0.2) is 48.0 Å². The predicted octanol–water partition coefficient (Wildman–Crippen LogP) is 3.15. The third kappa shape index (κ3) is 5.95. The molecule has 1 aliphatic heterocycles. The van der Waals surface area contributed by atoms with Crippen LogP contribution in [0.2, 0.25) is 0 Å². The molecule has 0 aromatic heterocycles. The third-order valence-electron chi connectivity index (χ3n) is 4.07. The Labute approximate surface area is 148 Å². The second kappa shape index (κ2) is 8.60. The number of thioether (sulfide) groups is 1. The summed E-state index contributed by atoms with van der Waals surface area (Å²) in [6.07, 6.45) is -2.85. The minimum atomic E-state index is -4.35. The van der Waals surface area contributed by atoms with Gasteiger partial charge in [-0.25, -0.2) is 0 Å². The number of amides is 1. The Morgan fingerprint density at radius 2 is 1.96 bits per heavy atom. The number of aryl methyl sites for hydroxylation is 1. The van der Waals surface area contributed by atoms with Crippen LogP contribution >= 0.6 is 11.8 Å². The van der Waals surface area contributed by atoms with Gasteiger partial charge in [-0.3, -0.25) is 9.59 Å². The molecule has 1 aliphatic rings. The zero-order chi connectivity index (χ0) is 18.4. The molecule has 138 valence electrons. The number of ether oxygens (including phenoxy) is 1. The molecular formula is C17H20F3NO3S. The van der Waals surface area contributed by atoms with Crippen LogP contribution < -0.4 is 0 Å². The molecule has 2 rings (SSSR count). The number of nitrogens with zero attached hydrogens (tertiary/aromatic N) is 1. The maximum Gasteiger partial charge on any atom is 0.416 e. The third-order valence-corrected chi connectivity index (χ3v) is 5.33. The van der Waals surface area contributed by atoms with Crippen LogP contribution in [0.25, 0.3) is 0 Å². The first-order valence-corrected chi connectivity index (χ1v) is 8.97. The molecule has 0 saturated carbocycles. The maximum absolute atomic E-state index is 12.5. The molecule has 0 radical (unpaired) electrons. The van der Waals surface area contributed by atoms with Crippen LogP contribution in [0.4, 0.5) is 13.2 Å². The summed E-state index contributed by atoms with van der Waals surface area (Å²) in [4.78, 5) is 25.1. The van der Waals surface area contributed by atoms with E-state index >= 15 is 0 Å². The van der Waals surface area contributed by atoms with Gasteiger partial charge in [0.25, 0.3) is 0 Å². The summed E-state index contributed by atoms with van der Waals surface area (Å²) in [5.41, 5.74) is 0.0183. The lowest BCUT2D eigenvalue weighted by Crippen LogP contribution is -2.29. The summed E-state index contributed by atoms with van der Waals surface area (Å²) in [6, 6.07) is 4.90. The molecule has 0 N–H and O–H groups in total. The molecule has 1 atom stereocenters. The fourth-order valence-electron chi connectivity index (χ4n) is 2.61. The highest BCUT2D eigenvalue weighted by Crippen LogP contribution is 2.29. The maximum atomic E-state index is 12.5. The fourth-order valence-corrected chi connectivity index (χ4v) is 3.65. The summed E-state index contributed by atoms with van der Waals surface area (Å²) >= 11 is 1.48. The monoisotopic (exact) mass is 375 g/mol. The molecule has 1 saturated heterocycles. The van der Waals surface area contributed by atoms with E-state index in [0.29, 0.717) is 25.1 Å². The van der Waals surface area contributed by atoms with Crippen molar-refractivity contribution in [2.75, 3.05) is 26.0 Å². The number of carbonyl (C=O) groups is 2. The lowest BCUT2D eigenvalue weighted by atomic mass is 10.1. The van der Waals surface area contributed by atoms with E-state index in [9.17, 15) is 22.8 Å². The molecule has 4 nitrogen and oxygen atoms in total. The van der Waals surface area contributed by atoms with Gasteiger partial charge in [-0.1, -0.05) is 12.1 Å². The summed E-state index contributed by atoms with van der Waals surface area (Å²) in [6.45, 7) is 1.23. The highest BCUT2D eigenvalue weighted by molar-refractivity contribution is 8.00. The van der Waals surface area contributed by atoms with Gasteiger partial charge in [-0.15, -0.1) is 11.8 Å². The Bertz CT molecular complexity index is 604. The highest BCUT2D eigenvalue weighted by Gasteiger charge is 2.30. The lowest BCUT2D eigenvalue weighted by Gasteiger charge is -2.16. The van der Waals surface area contributed by atoms with Gasteiger partial charge in [0.2, 0.25) is 5.91 Å². The van der Waals surface area contributed by atoms with Gasteiger partial charge >= 0.3 is 12.1 Å². The molecule has 1 heterocycles. The topological polar surface area (TPSA) is 46.6 Å². The van der Waals surface area contributed by atoms with E-state index in [-0.39, 0.29) is 29.3 Å². The number of carbonyl (C=O) groups excluding carboxylic acids is 2. The van der Waals surface area contributed by atoms with Gasteiger partial charge in [0.1, 0.15) is 0 Å². The van der Waals surface area contributed by atoms with Crippen molar-refractivity contribution in [1.82, 2.24) is 4.90 Å². The first-order valence-electron chi connectivity index (χ1n) is 7.92. The van der Waals surface area contributed by atoms with Crippen molar-refractivity contribution < 1.29 is 27.5 Å². The molecule has 0 unspecified atom stereocenters. The van der Waals surface area contributed by atoms with Gasteiger partial charge in [0.05, 0.1) is 18.4 Å². The summed E-state index contributed by atoms with van der Waals surface area (Å²) < 4.78 is 42.1. The number of methoxy groups -OCH3 is 1. The number of alkyl halides is 3. The van der Waals surface area contributed by atoms with Crippen LogP contribution in [-0.2, 0) is 26.9 Å². The minimum Gasteiger partial charge on any atom is -0.468 e. The fraction of sp³-hybridized carbons (Fsp3) is 0.529. The molecule has 0 bridgehead atoms. The molecule has 1 aromatic carbocycles. The van der Waals surface area contributed by atoms with Crippen LogP contribution in [0.1, 0.15) is 24.0 Å². The lowest BCUT2D eigenvalue weighted by molar-refractivity contribution is -0.138. The van der Waals surface area contributed by atoms with Crippen LogP contribution in [0, 0.1) is 0 Å². The Morgan fingerprint density at radius 1 is 1.28 bits per heavy atom. The molecule has 1 fully saturated rings. The van der Waals surface area contributed by atoms with Gasteiger partial charge < -0.3 is 9.64 Å². The number of hydrogen-bond donors (Lipinski definition) is 0. The van der Waals surface area contributed by atoms with E-state index in [1.165, 1.54) is 31.0 Å². The smallest absolute Gasteiger partial charge is 0.416 e. The number of likely N-dealkylation sites (tertiary alicyclic amines) is 1. The average molecular weight is 375 g/mol. The quantitative estimate of drug-likeness (QED) is 0.717. The van der Waals surface area contributed by atoms with E-state index in [4.69, 9.17) is 0 Å². The van der Waals surface area contributed by atoms with E-state index in [0.717, 1.165) is 18.6 Å². The Balaban J connectivity index is 1.76. The predicted molar refractivity (Wildman–Crippen MR) is 89.2 cm³/mol. The SMILES string of the molecule is COC(=O)CS[C@@H]1CCN(C(=O)CCc2ccc(C(F)(F)F)cc2)C1. The average Bonchev–Trinajstić information content (AvgIpc) is 3.06. The number of esters is 1. The highest BCUT2D eigenvalue weighted by atomic mass is 32.2. The Kier molecular flexibility index (Phi) is 6.75. The first-order chi connectivity index (χ1) is 11.8. The molecule has 0 spiro atoms. The Hall–Kier alpha value is -1.70. The molecular weight excluding hydrogens is 355 g/mol. The number of hydrogen-bond acceptors (Lipinski definition) is 4. The van der Waals surface area contributed by atoms with Crippen LogP contribution in [0.5, 0.6) is 0 Å². The molecule has 25 heavy (non-hydrogen) atoms. The zero-order valence-corrected chi connectivity index (χ0v) is 14.7. The summed E-state index contributed by atoms with van der Waals surface area (Å²) in [5.74, 6) is -0.0208. The van der Waals surface area contributed by atoms with Crippen molar-refractivity contribution in [1.29, 1.82) is 0 Å². The van der Waals surface area contributed by atoms with Gasteiger partial charge in [-0.05, 0) is 30.5 Å². The number of benzene rings is 1. The molecule has 8 heteroatoms. The van der Waals surface area contributed by atoms with Crippen molar-refractivity contribution in [3.63, 3.8) is 0 Å². The zero-order valence-electron chi connectivity index (χ0n) is 13.8. The van der Waals surface area contributed by atoms with Crippen molar-refractivity contribution >= 4 is 23.6 Å². The number of rotatable bonds is 6. The van der Waals surface area contributed by atoms with Crippen LogP contribution in [0.15, 0.2) is 24.3 Å². The molecule has 1 amide bonds.